The number of rotatable bonds is 5. The average Bonchev–Trinajstić information content (AvgIpc) is 2.39. The summed E-state index contributed by atoms with van der Waals surface area (Å²) in [7, 11) is 0. The van der Waals surface area contributed by atoms with Gasteiger partial charge < -0.3 is 15.4 Å². The third-order valence-corrected chi connectivity index (χ3v) is 3.14. The third-order valence-electron chi connectivity index (χ3n) is 3.14. The van der Waals surface area contributed by atoms with Crippen molar-refractivity contribution in [3.8, 4) is 0 Å². The van der Waals surface area contributed by atoms with E-state index in [-0.39, 0.29) is 23.1 Å². The van der Waals surface area contributed by atoms with Crippen LogP contribution in [0.4, 0.5) is 0 Å². The summed E-state index contributed by atoms with van der Waals surface area (Å²) in [6.45, 7) is 17.7. The van der Waals surface area contributed by atoms with Crippen LogP contribution in [0.25, 0.3) is 10.6 Å². The molecule has 2 atom stereocenters. The van der Waals surface area contributed by atoms with Crippen molar-refractivity contribution in [3.05, 3.63) is 46.5 Å². The van der Waals surface area contributed by atoms with E-state index in [1.165, 1.54) is 0 Å². The van der Waals surface area contributed by atoms with Gasteiger partial charge in [0.15, 0.2) is 0 Å². The van der Waals surface area contributed by atoms with Gasteiger partial charge in [-0.3, -0.25) is 4.79 Å². The molecule has 0 fully saturated rings. The maximum Gasteiger partial charge on any atom is 0.287 e. The van der Waals surface area contributed by atoms with Crippen LogP contribution in [0.15, 0.2) is 30.3 Å². The van der Waals surface area contributed by atoms with Gasteiger partial charge in [-0.05, 0) is 26.8 Å². The van der Waals surface area contributed by atoms with E-state index in [4.69, 9.17) is 15.4 Å². The van der Waals surface area contributed by atoms with Crippen LogP contribution in [0.5, 0.6) is 0 Å². The van der Waals surface area contributed by atoms with Gasteiger partial charge in [0.05, 0.1) is 0 Å². The predicted octanol–water partition coefficient (Wildman–Crippen LogP) is 5.78. The SMILES string of the molecule is CC(C)(C)[N-][C@H](C(=O)OC(C)(C)C)[C@H]([N-]C(C)(C)C)c1ccccc1. The number of nitrogens with zero attached hydrogens (tertiary/aromatic N) is 2. The first-order valence-corrected chi connectivity index (χ1v) is 8.90. The minimum Gasteiger partial charge on any atom is -0.652 e. The standard InChI is InChI=1S/C21H34N2O2/c1-19(2,3)22-16(15-13-11-10-12-14-15)17(23-20(4,5)6)18(24)25-21(7,8)9/h10-14,16-17H,1-9H3/q-2/t16-,17+/m1/s1. The highest BCUT2D eigenvalue weighted by molar-refractivity contribution is 5.81. The normalized spacial score (nSPS) is 15.6. The Balaban J connectivity index is 3.29. The molecule has 25 heavy (non-hydrogen) atoms. The van der Waals surface area contributed by atoms with Crippen molar-refractivity contribution in [1.82, 2.24) is 0 Å². The van der Waals surface area contributed by atoms with E-state index >= 15 is 0 Å². The Morgan fingerprint density at radius 3 is 1.72 bits per heavy atom. The number of ether oxygens (including phenoxy) is 1. The second kappa shape index (κ2) is 7.88. The van der Waals surface area contributed by atoms with E-state index in [1.807, 2.05) is 92.6 Å². The quantitative estimate of drug-likeness (QED) is 0.634. The summed E-state index contributed by atoms with van der Waals surface area (Å²) in [4.78, 5) is 13.0. The monoisotopic (exact) mass is 346 g/mol. The van der Waals surface area contributed by atoms with Crippen molar-refractivity contribution >= 4 is 5.97 Å². The van der Waals surface area contributed by atoms with Crippen LogP contribution in [0, 0.1) is 0 Å². The first-order chi connectivity index (χ1) is 11.2. The van der Waals surface area contributed by atoms with Crippen LogP contribution in [0.2, 0.25) is 0 Å². The van der Waals surface area contributed by atoms with E-state index in [0.717, 1.165) is 5.56 Å². The van der Waals surface area contributed by atoms with Crippen molar-refractivity contribution in [2.24, 2.45) is 0 Å². The maximum absolute atomic E-state index is 13.0. The lowest BCUT2D eigenvalue weighted by molar-refractivity contribution is -0.156. The number of benzene rings is 1. The van der Waals surface area contributed by atoms with Gasteiger partial charge in [0.2, 0.25) is 0 Å². The van der Waals surface area contributed by atoms with Crippen LogP contribution in [-0.2, 0) is 9.53 Å². The molecule has 0 amide bonds. The second-order valence-corrected chi connectivity index (χ2v) is 9.43. The van der Waals surface area contributed by atoms with Gasteiger partial charge in [-0.25, -0.2) is 0 Å². The molecule has 0 N–H and O–H groups in total. The first-order valence-electron chi connectivity index (χ1n) is 8.90. The predicted molar refractivity (Wildman–Crippen MR) is 105 cm³/mol. The van der Waals surface area contributed by atoms with Gasteiger partial charge >= 0.3 is 0 Å². The Morgan fingerprint density at radius 1 is 0.840 bits per heavy atom. The van der Waals surface area contributed by atoms with E-state index in [2.05, 4.69) is 0 Å². The van der Waals surface area contributed by atoms with Gasteiger partial charge in [-0.15, -0.1) is 17.1 Å². The summed E-state index contributed by atoms with van der Waals surface area (Å²) < 4.78 is 5.67. The van der Waals surface area contributed by atoms with Crippen LogP contribution < -0.4 is 0 Å². The molecule has 0 heterocycles. The Kier molecular flexibility index (Phi) is 6.82. The Bertz CT molecular complexity index is 548. The fourth-order valence-electron chi connectivity index (χ4n) is 2.43. The number of hydrogen-bond acceptors (Lipinski definition) is 2. The molecule has 4 heteroatoms. The highest BCUT2D eigenvalue weighted by Gasteiger charge is 2.25. The molecule has 0 aromatic heterocycles. The molecular formula is C21H34N2O2-2. The van der Waals surface area contributed by atoms with Gasteiger partial charge in [-0.1, -0.05) is 77.4 Å². The topological polar surface area (TPSA) is 54.5 Å². The lowest BCUT2D eigenvalue weighted by Crippen LogP contribution is -2.39. The summed E-state index contributed by atoms with van der Waals surface area (Å²) in [5.41, 5.74) is -0.261. The van der Waals surface area contributed by atoms with Crippen molar-refractivity contribution in [3.63, 3.8) is 0 Å². The molecule has 4 nitrogen and oxygen atoms in total. The molecule has 0 radical (unpaired) electrons. The first kappa shape index (κ1) is 21.7. The molecule has 1 aromatic carbocycles. The lowest BCUT2D eigenvalue weighted by Gasteiger charge is -2.55. The van der Waals surface area contributed by atoms with Crippen molar-refractivity contribution in [2.75, 3.05) is 0 Å². The molecule has 0 saturated heterocycles. The molecule has 0 aliphatic rings. The zero-order valence-corrected chi connectivity index (χ0v) is 17.3. The average molecular weight is 347 g/mol. The minimum atomic E-state index is -0.680. The van der Waals surface area contributed by atoms with Crippen molar-refractivity contribution in [1.29, 1.82) is 0 Å². The maximum atomic E-state index is 13.0. The van der Waals surface area contributed by atoms with Gasteiger partial charge in [-0.2, -0.15) is 0 Å². The smallest absolute Gasteiger partial charge is 0.287 e. The molecule has 0 bridgehead atoms. The highest BCUT2D eigenvalue weighted by atomic mass is 16.6. The number of carbonyl (C=O) groups excluding carboxylic acids is 1. The van der Waals surface area contributed by atoms with Gasteiger partial charge in [0.1, 0.15) is 5.60 Å². The number of hydrogen-bond donors (Lipinski definition) is 0. The second-order valence-electron chi connectivity index (χ2n) is 9.43. The molecule has 0 aliphatic heterocycles. The van der Waals surface area contributed by atoms with Crippen LogP contribution in [-0.4, -0.2) is 28.7 Å². The molecule has 0 spiro atoms. The molecule has 1 aromatic rings. The zero-order valence-electron chi connectivity index (χ0n) is 17.3. The fraction of sp³-hybridized carbons (Fsp3) is 0.667. The Hall–Kier alpha value is -1.39. The molecule has 1 rings (SSSR count). The zero-order chi connectivity index (χ0) is 19.5. The van der Waals surface area contributed by atoms with E-state index in [0.29, 0.717) is 0 Å². The van der Waals surface area contributed by atoms with Crippen LogP contribution in [0.1, 0.15) is 73.9 Å². The van der Waals surface area contributed by atoms with E-state index < -0.39 is 11.6 Å². The van der Waals surface area contributed by atoms with Crippen molar-refractivity contribution < 1.29 is 9.53 Å². The van der Waals surface area contributed by atoms with E-state index in [9.17, 15) is 4.79 Å². The largest absolute Gasteiger partial charge is 0.652 e. The summed E-state index contributed by atoms with van der Waals surface area (Å²) >= 11 is 0. The minimum absolute atomic E-state index is 0.297. The highest BCUT2D eigenvalue weighted by Crippen LogP contribution is 2.39. The van der Waals surface area contributed by atoms with Gasteiger partial charge in [0.25, 0.3) is 5.97 Å². The summed E-state index contributed by atoms with van der Waals surface area (Å²) in [6.07, 6.45) is 0. The van der Waals surface area contributed by atoms with Gasteiger partial charge in [0, 0.05) is 0 Å². The van der Waals surface area contributed by atoms with E-state index in [1.54, 1.807) is 0 Å². The number of carbonyl (C=O) groups is 1. The van der Waals surface area contributed by atoms with Crippen LogP contribution in [0.3, 0.4) is 0 Å². The molecular weight excluding hydrogens is 312 g/mol. The molecule has 0 unspecified atom stereocenters. The third kappa shape index (κ3) is 8.50. The Morgan fingerprint density at radius 2 is 1.32 bits per heavy atom. The molecule has 0 aliphatic carbocycles. The lowest BCUT2D eigenvalue weighted by atomic mass is 9.93. The summed E-state index contributed by atoms with van der Waals surface area (Å²) in [5.74, 6) is -0.329. The van der Waals surface area contributed by atoms with Crippen LogP contribution >= 0.6 is 0 Å². The summed E-state index contributed by atoms with van der Waals surface area (Å²) in [6, 6.07) is 8.82. The number of esters is 1. The van der Waals surface area contributed by atoms with Crippen molar-refractivity contribution in [2.45, 2.75) is 91.1 Å². The molecule has 0 saturated carbocycles. The molecule has 142 valence electrons. The summed E-state index contributed by atoms with van der Waals surface area (Å²) in [5, 5.41) is 9.71. The Labute approximate surface area is 153 Å². The fourth-order valence-corrected chi connectivity index (χ4v) is 2.43.